The topological polar surface area (TPSA) is 61.6 Å². The van der Waals surface area contributed by atoms with Gasteiger partial charge in [-0.25, -0.2) is 9.78 Å². The number of aromatic nitrogens is 1. The van der Waals surface area contributed by atoms with E-state index in [1.165, 1.54) is 4.70 Å². The lowest BCUT2D eigenvalue weighted by Crippen LogP contribution is -2.51. The summed E-state index contributed by atoms with van der Waals surface area (Å²) in [5.41, 5.74) is 1.03. The summed E-state index contributed by atoms with van der Waals surface area (Å²) < 4.78 is 6.58. The second-order valence-electron chi connectivity index (χ2n) is 6.40. The third-order valence-corrected chi connectivity index (χ3v) is 5.67. The molecular weight excluding hydrogens is 348 g/mol. The molecule has 1 saturated heterocycles. The number of nitrogens with one attached hydrogen (secondary N) is 1. The van der Waals surface area contributed by atoms with Crippen molar-refractivity contribution in [1.82, 2.24) is 20.1 Å². The first-order chi connectivity index (χ1) is 12.8. The summed E-state index contributed by atoms with van der Waals surface area (Å²) in [7, 11) is 0. The van der Waals surface area contributed by atoms with E-state index < -0.39 is 0 Å². The number of urea groups is 1. The number of rotatable bonds is 5. The van der Waals surface area contributed by atoms with Crippen molar-refractivity contribution >= 4 is 27.6 Å². The number of benzene rings is 1. The van der Waals surface area contributed by atoms with Crippen LogP contribution in [0.15, 0.2) is 47.1 Å². The number of carbonyl (C=O) groups excluding carboxylic acids is 1. The van der Waals surface area contributed by atoms with Crippen molar-refractivity contribution in [1.29, 1.82) is 0 Å². The maximum Gasteiger partial charge on any atom is 0.317 e. The lowest BCUT2D eigenvalue weighted by atomic mass is 10.3. The zero-order valence-corrected chi connectivity index (χ0v) is 15.4. The first-order valence-electron chi connectivity index (χ1n) is 8.90. The lowest BCUT2D eigenvalue weighted by Gasteiger charge is -2.34. The molecule has 6 nitrogen and oxygen atoms in total. The standard InChI is InChI=1S/C19H22N4O2S/c24-19(20-8-7-18-21-16-5-1-2-6-17(16)26-18)23-11-9-22(10-12-23)14-15-4-3-13-25-15/h1-6,13H,7-12,14H2,(H,20,24). The van der Waals surface area contributed by atoms with Gasteiger partial charge in [-0.1, -0.05) is 12.1 Å². The van der Waals surface area contributed by atoms with Gasteiger partial charge in [-0.05, 0) is 24.3 Å². The van der Waals surface area contributed by atoms with Gasteiger partial charge in [0.05, 0.1) is 28.0 Å². The molecule has 7 heteroatoms. The maximum atomic E-state index is 12.3. The van der Waals surface area contributed by atoms with Gasteiger partial charge in [-0.3, -0.25) is 4.90 Å². The molecule has 2 amide bonds. The minimum Gasteiger partial charge on any atom is -0.468 e. The summed E-state index contributed by atoms with van der Waals surface area (Å²) in [6.07, 6.45) is 2.47. The first kappa shape index (κ1) is 17.1. The number of para-hydroxylation sites is 1. The van der Waals surface area contributed by atoms with Gasteiger partial charge in [0.2, 0.25) is 0 Å². The highest BCUT2D eigenvalue weighted by Gasteiger charge is 2.21. The van der Waals surface area contributed by atoms with E-state index in [9.17, 15) is 4.79 Å². The average molecular weight is 370 g/mol. The Morgan fingerprint density at radius 1 is 1.15 bits per heavy atom. The van der Waals surface area contributed by atoms with E-state index in [4.69, 9.17) is 4.42 Å². The van der Waals surface area contributed by atoms with E-state index in [1.54, 1.807) is 17.6 Å². The van der Waals surface area contributed by atoms with Gasteiger partial charge >= 0.3 is 6.03 Å². The van der Waals surface area contributed by atoms with E-state index in [0.717, 1.165) is 55.4 Å². The second-order valence-corrected chi connectivity index (χ2v) is 7.52. The molecule has 0 bridgehead atoms. The van der Waals surface area contributed by atoms with Crippen molar-refractivity contribution in [3.8, 4) is 0 Å². The number of thiazole rings is 1. The largest absolute Gasteiger partial charge is 0.468 e. The lowest BCUT2D eigenvalue weighted by molar-refractivity contribution is 0.130. The summed E-state index contributed by atoms with van der Waals surface area (Å²) in [5, 5.41) is 4.09. The fourth-order valence-electron chi connectivity index (χ4n) is 3.15. The molecule has 26 heavy (non-hydrogen) atoms. The molecule has 4 rings (SSSR count). The Kier molecular flexibility index (Phi) is 5.17. The predicted molar refractivity (Wildman–Crippen MR) is 102 cm³/mol. The van der Waals surface area contributed by atoms with Gasteiger partial charge in [0, 0.05) is 39.1 Å². The van der Waals surface area contributed by atoms with E-state index >= 15 is 0 Å². The van der Waals surface area contributed by atoms with E-state index in [0.29, 0.717) is 6.54 Å². The SMILES string of the molecule is O=C(NCCc1nc2ccccc2s1)N1CCN(Cc2ccco2)CC1. The average Bonchev–Trinajstić information content (AvgIpc) is 3.31. The Bertz CT molecular complexity index is 820. The molecule has 1 aliphatic heterocycles. The van der Waals surface area contributed by atoms with Crippen molar-refractivity contribution in [3.05, 3.63) is 53.4 Å². The van der Waals surface area contributed by atoms with E-state index in [1.807, 2.05) is 35.2 Å². The molecule has 0 unspecified atom stereocenters. The smallest absolute Gasteiger partial charge is 0.317 e. The molecule has 2 aromatic heterocycles. The molecule has 0 spiro atoms. The minimum absolute atomic E-state index is 0.0174. The van der Waals surface area contributed by atoms with Gasteiger partial charge < -0.3 is 14.6 Å². The van der Waals surface area contributed by atoms with Crippen LogP contribution in [-0.2, 0) is 13.0 Å². The molecule has 0 saturated carbocycles. The number of amides is 2. The fourth-order valence-corrected chi connectivity index (χ4v) is 4.11. The van der Waals surface area contributed by atoms with Gasteiger partial charge in [-0.2, -0.15) is 0 Å². The van der Waals surface area contributed by atoms with Crippen LogP contribution in [-0.4, -0.2) is 53.5 Å². The number of fused-ring (bicyclic) bond motifs is 1. The molecule has 136 valence electrons. The normalized spacial score (nSPS) is 15.5. The highest BCUT2D eigenvalue weighted by molar-refractivity contribution is 7.18. The Morgan fingerprint density at radius 2 is 2.00 bits per heavy atom. The van der Waals surface area contributed by atoms with Crippen LogP contribution in [0.2, 0.25) is 0 Å². The molecule has 0 atom stereocenters. The maximum absolute atomic E-state index is 12.3. The van der Waals surface area contributed by atoms with Crippen molar-refractivity contribution in [2.24, 2.45) is 0 Å². The third-order valence-electron chi connectivity index (χ3n) is 4.57. The number of piperazine rings is 1. The highest BCUT2D eigenvalue weighted by atomic mass is 32.1. The zero-order valence-electron chi connectivity index (χ0n) is 14.6. The molecule has 1 aromatic carbocycles. The zero-order chi connectivity index (χ0) is 17.8. The molecule has 0 radical (unpaired) electrons. The van der Waals surface area contributed by atoms with Crippen molar-refractivity contribution < 1.29 is 9.21 Å². The highest BCUT2D eigenvalue weighted by Crippen LogP contribution is 2.21. The Balaban J connectivity index is 1.20. The monoisotopic (exact) mass is 370 g/mol. The van der Waals surface area contributed by atoms with Gasteiger partial charge in [0.15, 0.2) is 0 Å². The molecule has 3 aromatic rings. The molecular formula is C19H22N4O2S. The number of hydrogen-bond acceptors (Lipinski definition) is 5. The van der Waals surface area contributed by atoms with Crippen LogP contribution in [0.4, 0.5) is 4.79 Å². The number of furan rings is 1. The Morgan fingerprint density at radius 3 is 2.77 bits per heavy atom. The van der Waals surface area contributed by atoms with Crippen LogP contribution in [0.25, 0.3) is 10.2 Å². The molecule has 0 aliphatic carbocycles. The van der Waals surface area contributed by atoms with Crippen LogP contribution in [0.3, 0.4) is 0 Å². The summed E-state index contributed by atoms with van der Waals surface area (Å²) in [6, 6.07) is 12.0. The number of hydrogen-bond donors (Lipinski definition) is 1. The van der Waals surface area contributed by atoms with E-state index in [-0.39, 0.29) is 6.03 Å². The predicted octanol–water partition coefficient (Wildman–Crippen LogP) is 2.96. The number of nitrogens with zero attached hydrogens (tertiary/aromatic N) is 3. The van der Waals surface area contributed by atoms with Crippen LogP contribution in [0, 0.1) is 0 Å². The van der Waals surface area contributed by atoms with Crippen molar-refractivity contribution in [2.75, 3.05) is 32.7 Å². The minimum atomic E-state index is 0.0174. The van der Waals surface area contributed by atoms with Gasteiger partial charge in [0.1, 0.15) is 5.76 Å². The molecule has 1 aliphatic rings. The van der Waals surface area contributed by atoms with E-state index in [2.05, 4.69) is 21.3 Å². The van der Waals surface area contributed by atoms with Crippen LogP contribution >= 0.6 is 11.3 Å². The van der Waals surface area contributed by atoms with Crippen molar-refractivity contribution in [3.63, 3.8) is 0 Å². The van der Waals surface area contributed by atoms with Crippen LogP contribution in [0.5, 0.6) is 0 Å². The van der Waals surface area contributed by atoms with Gasteiger partial charge in [0.25, 0.3) is 0 Å². The first-order valence-corrected chi connectivity index (χ1v) is 9.71. The Hall–Kier alpha value is -2.38. The quantitative estimate of drug-likeness (QED) is 0.750. The summed E-state index contributed by atoms with van der Waals surface area (Å²) in [5.74, 6) is 0.971. The van der Waals surface area contributed by atoms with Crippen molar-refractivity contribution in [2.45, 2.75) is 13.0 Å². The molecule has 3 heterocycles. The van der Waals surface area contributed by atoms with Gasteiger partial charge in [-0.15, -0.1) is 11.3 Å². The summed E-state index contributed by atoms with van der Waals surface area (Å²) in [4.78, 5) is 21.1. The van der Waals surface area contributed by atoms with Crippen LogP contribution < -0.4 is 5.32 Å². The third kappa shape index (κ3) is 4.05. The summed E-state index contributed by atoms with van der Waals surface area (Å²) >= 11 is 1.69. The summed E-state index contributed by atoms with van der Waals surface area (Å²) in [6.45, 7) is 4.64. The Labute approximate surface area is 156 Å². The molecule has 1 N–H and O–H groups in total. The molecule has 1 fully saturated rings. The second kappa shape index (κ2) is 7.88. The number of carbonyl (C=O) groups is 1. The van der Waals surface area contributed by atoms with Crippen LogP contribution in [0.1, 0.15) is 10.8 Å². The fraction of sp³-hybridized carbons (Fsp3) is 0.368.